The fourth-order valence-electron chi connectivity index (χ4n) is 4.48. The number of likely N-dealkylation sites (tertiary alicyclic amines) is 1. The summed E-state index contributed by atoms with van der Waals surface area (Å²) in [6.07, 6.45) is 1.85. The molecule has 3 aromatic carbocycles. The molecule has 1 atom stereocenters. The number of nitrogens with zero attached hydrogens (tertiary/aromatic N) is 1. The van der Waals surface area contributed by atoms with Crippen LogP contribution in [0.2, 0.25) is 0 Å². The molecule has 0 saturated carbocycles. The van der Waals surface area contributed by atoms with Gasteiger partial charge < -0.3 is 30.1 Å². The van der Waals surface area contributed by atoms with Crippen LogP contribution < -0.4 is 20.1 Å². The highest BCUT2D eigenvalue weighted by Crippen LogP contribution is 2.27. The van der Waals surface area contributed by atoms with E-state index in [0.717, 1.165) is 18.4 Å². The number of anilines is 2. The first-order chi connectivity index (χ1) is 18.4. The summed E-state index contributed by atoms with van der Waals surface area (Å²) in [5.74, 6) is 0.138. The smallest absolute Gasteiger partial charge is 0.323 e. The summed E-state index contributed by atoms with van der Waals surface area (Å²) >= 11 is 0. The van der Waals surface area contributed by atoms with E-state index in [1.807, 2.05) is 23.1 Å². The molecule has 1 fully saturated rings. The van der Waals surface area contributed by atoms with Crippen LogP contribution in [0.15, 0.2) is 72.8 Å². The van der Waals surface area contributed by atoms with Crippen molar-refractivity contribution < 1.29 is 29.0 Å². The van der Waals surface area contributed by atoms with Crippen molar-refractivity contribution in [1.29, 1.82) is 0 Å². The highest BCUT2D eigenvalue weighted by atomic mass is 16.5. The molecule has 198 valence electrons. The first-order valence-corrected chi connectivity index (χ1v) is 12.4. The van der Waals surface area contributed by atoms with E-state index >= 15 is 0 Å². The number of amides is 3. The number of nitrogens with one attached hydrogen (secondary N) is 2. The molecule has 9 nitrogen and oxygen atoms in total. The molecule has 3 amide bonds. The number of carboxylic acid groups (broad SMARTS) is 1. The lowest BCUT2D eigenvalue weighted by Crippen LogP contribution is -2.39. The molecule has 0 unspecified atom stereocenters. The molecule has 1 saturated heterocycles. The Kier molecular flexibility index (Phi) is 8.81. The van der Waals surface area contributed by atoms with Gasteiger partial charge >= 0.3 is 12.0 Å². The van der Waals surface area contributed by atoms with Crippen LogP contribution in [-0.2, 0) is 22.4 Å². The van der Waals surface area contributed by atoms with Crippen molar-refractivity contribution in [3.63, 3.8) is 0 Å². The Morgan fingerprint density at radius 3 is 2.50 bits per heavy atom. The molecule has 38 heavy (non-hydrogen) atoms. The topological polar surface area (TPSA) is 117 Å². The molecular formula is C29H31N3O6. The van der Waals surface area contributed by atoms with Crippen LogP contribution in [0.1, 0.15) is 24.0 Å². The molecule has 0 aliphatic carbocycles. The van der Waals surface area contributed by atoms with Gasteiger partial charge in [-0.05, 0) is 60.4 Å². The number of para-hydroxylation sites is 1. The molecule has 9 heteroatoms. The predicted octanol–water partition coefficient (Wildman–Crippen LogP) is 4.58. The number of carbonyl (C=O) groups is 3. The van der Waals surface area contributed by atoms with Crippen LogP contribution in [0.25, 0.3) is 0 Å². The number of urea groups is 1. The summed E-state index contributed by atoms with van der Waals surface area (Å²) < 4.78 is 11.4. The van der Waals surface area contributed by atoms with E-state index in [9.17, 15) is 14.4 Å². The van der Waals surface area contributed by atoms with E-state index in [4.69, 9.17) is 14.6 Å². The quantitative estimate of drug-likeness (QED) is 0.363. The average molecular weight is 518 g/mol. The number of ether oxygens (including phenoxy) is 2. The normalized spacial score (nSPS) is 14.6. The van der Waals surface area contributed by atoms with E-state index in [1.54, 1.807) is 54.6 Å². The Balaban J connectivity index is 1.34. The molecule has 1 heterocycles. The van der Waals surface area contributed by atoms with Gasteiger partial charge in [-0.1, -0.05) is 36.4 Å². The molecule has 0 aromatic heterocycles. The van der Waals surface area contributed by atoms with Gasteiger partial charge in [-0.15, -0.1) is 0 Å². The van der Waals surface area contributed by atoms with E-state index in [1.165, 1.54) is 7.11 Å². The highest BCUT2D eigenvalue weighted by molar-refractivity contribution is 6.00. The summed E-state index contributed by atoms with van der Waals surface area (Å²) in [5, 5.41) is 14.5. The molecule has 0 spiro atoms. The number of hydrogen-bond donors (Lipinski definition) is 3. The number of benzene rings is 3. The van der Waals surface area contributed by atoms with Crippen molar-refractivity contribution in [3.05, 3.63) is 83.9 Å². The van der Waals surface area contributed by atoms with Crippen LogP contribution in [0, 0.1) is 0 Å². The summed E-state index contributed by atoms with van der Waals surface area (Å²) in [6.45, 7) is 0.993. The minimum Gasteiger partial charge on any atom is -0.495 e. The largest absolute Gasteiger partial charge is 0.495 e. The number of aliphatic carboxylic acids is 1. The molecular weight excluding hydrogens is 486 g/mol. The minimum atomic E-state index is -0.898. The molecule has 3 aromatic rings. The molecule has 3 N–H and O–H groups in total. The Bertz CT molecular complexity index is 1280. The minimum absolute atomic E-state index is 0.0136. The summed E-state index contributed by atoms with van der Waals surface area (Å²) in [6, 6.07) is 21.0. The fraction of sp³-hybridized carbons (Fsp3) is 0.276. The second kappa shape index (κ2) is 12.6. The Morgan fingerprint density at radius 1 is 0.947 bits per heavy atom. The maximum atomic E-state index is 13.2. The van der Waals surface area contributed by atoms with Gasteiger partial charge in [0.2, 0.25) is 5.91 Å². The van der Waals surface area contributed by atoms with Crippen molar-refractivity contribution in [2.24, 2.45) is 0 Å². The van der Waals surface area contributed by atoms with Gasteiger partial charge in [0.05, 0.1) is 31.7 Å². The maximum Gasteiger partial charge on any atom is 0.323 e. The van der Waals surface area contributed by atoms with Gasteiger partial charge in [0.25, 0.3) is 0 Å². The standard InChI is InChI=1S/C29H31N3O6/c1-37-26-16-21(12-13-25(26)31-29(36)30-22-8-3-2-4-9-22)17-27(33)32-14-6-10-23(32)19-38-24-11-5-7-20(15-24)18-28(34)35/h2-5,7-9,11-13,15-16,23H,6,10,14,17-19H2,1H3,(H,34,35)(H2,30,31,36)/t23-/m0/s1. The second-order valence-electron chi connectivity index (χ2n) is 9.07. The molecule has 0 radical (unpaired) electrons. The Labute approximate surface area is 221 Å². The van der Waals surface area contributed by atoms with Crippen LogP contribution in [-0.4, -0.2) is 54.2 Å². The van der Waals surface area contributed by atoms with Crippen LogP contribution in [0.4, 0.5) is 16.2 Å². The molecule has 1 aliphatic heterocycles. The first kappa shape index (κ1) is 26.5. The molecule has 4 rings (SSSR count). The SMILES string of the molecule is COc1cc(CC(=O)N2CCC[C@H]2COc2cccc(CC(=O)O)c2)ccc1NC(=O)Nc1ccccc1. The lowest BCUT2D eigenvalue weighted by molar-refractivity contribution is -0.136. The lowest BCUT2D eigenvalue weighted by Gasteiger charge is -2.25. The predicted molar refractivity (Wildman–Crippen MR) is 144 cm³/mol. The van der Waals surface area contributed by atoms with Crippen molar-refractivity contribution in [1.82, 2.24) is 4.90 Å². The number of hydrogen-bond acceptors (Lipinski definition) is 5. The summed E-state index contributed by atoms with van der Waals surface area (Å²) in [7, 11) is 1.51. The third-order valence-electron chi connectivity index (χ3n) is 6.29. The fourth-order valence-corrected chi connectivity index (χ4v) is 4.48. The number of carbonyl (C=O) groups excluding carboxylic acids is 2. The van der Waals surface area contributed by atoms with Crippen LogP contribution >= 0.6 is 0 Å². The summed E-state index contributed by atoms with van der Waals surface area (Å²) in [4.78, 5) is 38.4. The average Bonchev–Trinajstić information content (AvgIpc) is 3.38. The number of carboxylic acids is 1. The molecule has 0 bridgehead atoms. The van der Waals surface area contributed by atoms with E-state index in [2.05, 4.69) is 10.6 Å². The highest BCUT2D eigenvalue weighted by Gasteiger charge is 2.29. The van der Waals surface area contributed by atoms with Crippen LogP contribution in [0.5, 0.6) is 11.5 Å². The second-order valence-corrected chi connectivity index (χ2v) is 9.07. The zero-order valence-corrected chi connectivity index (χ0v) is 21.2. The third kappa shape index (κ3) is 7.25. The van der Waals surface area contributed by atoms with Gasteiger partial charge in [-0.3, -0.25) is 9.59 Å². The van der Waals surface area contributed by atoms with Gasteiger partial charge in [0.15, 0.2) is 0 Å². The number of methoxy groups -OCH3 is 1. The summed E-state index contributed by atoms with van der Waals surface area (Å²) in [5.41, 5.74) is 2.60. The van der Waals surface area contributed by atoms with Gasteiger partial charge in [0.1, 0.15) is 18.1 Å². The Hall–Kier alpha value is -4.53. The zero-order chi connectivity index (χ0) is 26.9. The van der Waals surface area contributed by atoms with Gasteiger partial charge in [-0.25, -0.2) is 4.79 Å². The van der Waals surface area contributed by atoms with Gasteiger partial charge in [0, 0.05) is 12.2 Å². The first-order valence-electron chi connectivity index (χ1n) is 12.4. The van der Waals surface area contributed by atoms with Crippen molar-refractivity contribution >= 4 is 29.3 Å². The number of rotatable bonds is 10. The Morgan fingerprint density at radius 2 is 1.74 bits per heavy atom. The lowest BCUT2D eigenvalue weighted by atomic mass is 10.1. The van der Waals surface area contributed by atoms with Crippen molar-refractivity contribution in [3.8, 4) is 11.5 Å². The molecule has 1 aliphatic rings. The third-order valence-corrected chi connectivity index (χ3v) is 6.29. The monoisotopic (exact) mass is 517 g/mol. The van der Waals surface area contributed by atoms with Gasteiger partial charge in [-0.2, -0.15) is 0 Å². The van der Waals surface area contributed by atoms with Crippen molar-refractivity contribution in [2.75, 3.05) is 30.9 Å². The maximum absolute atomic E-state index is 13.2. The zero-order valence-electron chi connectivity index (χ0n) is 21.2. The van der Waals surface area contributed by atoms with E-state index in [-0.39, 0.29) is 24.8 Å². The van der Waals surface area contributed by atoms with Crippen molar-refractivity contribution in [2.45, 2.75) is 31.7 Å². The van der Waals surface area contributed by atoms with Crippen LogP contribution in [0.3, 0.4) is 0 Å². The van der Waals surface area contributed by atoms with E-state index < -0.39 is 12.0 Å². The van der Waals surface area contributed by atoms with E-state index in [0.29, 0.717) is 41.6 Å².